The fourth-order valence-corrected chi connectivity index (χ4v) is 4.27. The van der Waals surface area contributed by atoms with Gasteiger partial charge in [0.15, 0.2) is 0 Å². The molecular weight excluding hydrogens is 480 g/mol. The van der Waals surface area contributed by atoms with Crippen LogP contribution in [0.4, 0.5) is 9.18 Å². The van der Waals surface area contributed by atoms with Crippen molar-refractivity contribution in [2.75, 3.05) is 0 Å². The minimum Gasteiger partial charge on any atom is -0.478 e. The Hall–Kier alpha value is -3.07. The number of nitrogens with zero attached hydrogens (tertiary/aromatic N) is 1. The Morgan fingerprint density at radius 3 is 2.62 bits per heavy atom. The summed E-state index contributed by atoms with van der Waals surface area (Å²) in [5, 5.41) is 8.87. The molecule has 0 radical (unpaired) electrons. The molecule has 1 N–H and O–H groups in total. The first kappa shape index (κ1) is 22.1. The summed E-state index contributed by atoms with van der Waals surface area (Å²) >= 11 is 12.6. The number of aromatic carboxylic acids is 1. The zero-order valence-corrected chi connectivity index (χ0v) is 18.3. The van der Waals surface area contributed by atoms with Crippen molar-refractivity contribution >= 4 is 58.2 Å². The predicted octanol–water partition coefficient (Wildman–Crippen LogP) is 6.33. The van der Waals surface area contributed by atoms with Crippen LogP contribution in [0.15, 0.2) is 57.9 Å². The quantitative estimate of drug-likeness (QED) is 0.419. The van der Waals surface area contributed by atoms with Gasteiger partial charge in [-0.3, -0.25) is 14.5 Å². The van der Waals surface area contributed by atoms with Gasteiger partial charge < -0.3 is 9.52 Å². The third-order valence-electron chi connectivity index (χ3n) is 4.63. The number of carboxylic acid groups (broad SMARTS) is 1. The standard InChI is InChI=1S/C22H12Cl2FNO5S/c23-15-2-1-3-17(25)14(15)10-26-20(27)19(32-22(26)30)9-12-5-7-18(31-12)11-4-6-16(24)13(8-11)21(28)29/h1-9H,10H2,(H,28,29)/b19-9-. The average molecular weight is 492 g/mol. The van der Waals surface area contributed by atoms with Gasteiger partial charge >= 0.3 is 5.97 Å². The highest BCUT2D eigenvalue weighted by atomic mass is 35.5. The first-order valence-electron chi connectivity index (χ1n) is 9.06. The normalized spacial score (nSPS) is 15.1. The van der Waals surface area contributed by atoms with Crippen molar-refractivity contribution in [1.29, 1.82) is 0 Å². The molecule has 0 unspecified atom stereocenters. The number of furan rings is 1. The summed E-state index contributed by atoms with van der Waals surface area (Å²) < 4.78 is 19.7. The molecule has 2 amide bonds. The second-order valence-electron chi connectivity index (χ2n) is 6.67. The highest BCUT2D eigenvalue weighted by Gasteiger charge is 2.36. The number of carboxylic acids is 1. The van der Waals surface area contributed by atoms with Crippen molar-refractivity contribution in [2.45, 2.75) is 6.54 Å². The van der Waals surface area contributed by atoms with E-state index in [-0.39, 0.29) is 38.4 Å². The number of rotatable bonds is 5. The van der Waals surface area contributed by atoms with Crippen molar-refractivity contribution in [3.8, 4) is 11.3 Å². The highest BCUT2D eigenvalue weighted by molar-refractivity contribution is 8.18. The van der Waals surface area contributed by atoms with E-state index < -0.39 is 22.9 Å². The molecule has 0 atom stereocenters. The summed E-state index contributed by atoms with van der Waals surface area (Å²) in [4.78, 5) is 37.3. The molecule has 32 heavy (non-hydrogen) atoms. The average Bonchev–Trinajstić information content (AvgIpc) is 3.30. The minimum absolute atomic E-state index is 0.0509. The first-order chi connectivity index (χ1) is 15.2. The lowest BCUT2D eigenvalue weighted by molar-refractivity contribution is -0.123. The summed E-state index contributed by atoms with van der Waals surface area (Å²) in [5.41, 5.74) is 0.457. The number of halogens is 3. The lowest BCUT2D eigenvalue weighted by Gasteiger charge is -2.14. The van der Waals surface area contributed by atoms with Crippen LogP contribution in [-0.2, 0) is 11.3 Å². The van der Waals surface area contributed by atoms with Crippen LogP contribution in [0.25, 0.3) is 17.4 Å². The number of carbonyl (C=O) groups is 3. The number of thioether (sulfide) groups is 1. The third kappa shape index (κ3) is 4.29. The van der Waals surface area contributed by atoms with Crippen molar-refractivity contribution in [2.24, 2.45) is 0 Å². The van der Waals surface area contributed by atoms with Crippen LogP contribution < -0.4 is 0 Å². The van der Waals surface area contributed by atoms with E-state index in [2.05, 4.69) is 0 Å². The molecule has 2 heterocycles. The molecule has 1 aliphatic rings. The van der Waals surface area contributed by atoms with E-state index in [4.69, 9.17) is 27.6 Å². The van der Waals surface area contributed by atoms with Gasteiger partial charge in [0.25, 0.3) is 11.1 Å². The zero-order chi connectivity index (χ0) is 23.0. The Morgan fingerprint density at radius 1 is 1.12 bits per heavy atom. The molecule has 3 aromatic rings. The predicted molar refractivity (Wildman–Crippen MR) is 119 cm³/mol. The van der Waals surface area contributed by atoms with Crippen LogP contribution in [-0.4, -0.2) is 27.1 Å². The number of carbonyl (C=O) groups excluding carboxylic acids is 2. The van der Waals surface area contributed by atoms with Crippen LogP contribution in [0.2, 0.25) is 10.0 Å². The van der Waals surface area contributed by atoms with E-state index in [9.17, 15) is 23.9 Å². The van der Waals surface area contributed by atoms with Crippen LogP contribution in [0.1, 0.15) is 21.7 Å². The van der Waals surface area contributed by atoms with Gasteiger partial charge in [-0.2, -0.15) is 0 Å². The van der Waals surface area contributed by atoms with Crippen molar-refractivity contribution in [3.05, 3.63) is 86.2 Å². The van der Waals surface area contributed by atoms with E-state index in [1.165, 1.54) is 36.4 Å². The molecule has 6 nitrogen and oxygen atoms in total. The summed E-state index contributed by atoms with van der Waals surface area (Å²) in [6, 6.07) is 11.7. The molecule has 0 saturated carbocycles. The number of amides is 2. The maximum atomic E-state index is 14.1. The number of imide groups is 1. The van der Waals surface area contributed by atoms with Crippen molar-refractivity contribution in [1.82, 2.24) is 4.90 Å². The summed E-state index contributed by atoms with van der Waals surface area (Å²) in [6.45, 7) is -0.292. The zero-order valence-electron chi connectivity index (χ0n) is 16.0. The maximum Gasteiger partial charge on any atom is 0.337 e. The number of hydrogen-bond donors (Lipinski definition) is 1. The van der Waals surface area contributed by atoms with Gasteiger partial charge in [0.1, 0.15) is 17.3 Å². The molecule has 10 heteroatoms. The van der Waals surface area contributed by atoms with E-state index in [0.29, 0.717) is 23.1 Å². The molecule has 0 bridgehead atoms. The van der Waals surface area contributed by atoms with Crippen LogP contribution >= 0.6 is 35.0 Å². The maximum absolute atomic E-state index is 14.1. The van der Waals surface area contributed by atoms with Gasteiger partial charge in [-0.05, 0) is 54.2 Å². The van der Waals surface area contributed by atoms with Gasteiger partial charge in [0, 0.05) is 22.2 Å². The molecule has 1 saturated heterocycles. The Kier molecular flexibility index (Phi) is 6.10. The number of benzene rings is 2. The molecule has 1 aliphatic heterocycles. The smallest absolute Gasteiger partial charge is 0.337 e. The van der Waals surface area contributed by atoms with Gasteiger partial charge in [-0.1, -0.05) is 29.3 Å². The molecule has 1 aromatic heterocycles. The van der Waals surface area contributed by atoms with Crippen molar-refractivity contribution in [3.63, 3.8) is 0 Å². The Labute approximate surface area is 195 Å². The molecule has 1 fully saturated rings. The lowest BCUT2D eigenvalue weighted by atomic mass is 10.1. The summed E-state index contributed by atoms with van der Waals surface area (Å²) in [6.07, 6.45) is 1.39. The SMILES string of the molecule is O=C(O)c1cc(-c2ccc(/C=C3\SC(=O)N(Cc4c(F)cccc4Cl)C3=O)o2)ccc1Cl. The highest BCUT2D eigenvalue weighted by Crippen LogP contribution is 2.35. The molecule has 0 aliphatic carbocycles. The van der Waals surface area contributed by atoms with E-state index >= 15 is 0 Å². The van der Waals surface area contributed by atoms with E-state index in [1.807, 2.05) is 0 Å². The van der Waals surface area contributed by atoms with Crippen LogP contribution in [0, 0.1) is 5.82 Å². The number of hydrogen-bond acceptors (Lipinski definition) is 5. The van der Waals surface area contributed by atoms with Gasteiger partial charge in [-0.25, -0.2) is 9.18 Å². The van der Waals surface area contributed by atoms with E-state index in [1.54, 1.807) is 18.2 Å². The molecule has 0 spiro atoms. The topological polar surface area (TPSA) is 87.8 Å². The van der Waals surface area contributed by atoms with Gasteiger partial charge in [0.05, 0.1) is 22.0 Å². The Balaban J connectivity index is 1.57. The fourth-order valence-electron chi connectivity index (χ4n) is 3.03. The second-order valence-corrected chi connectivity index (χ2v) is 8.48. The summed E-state index contributed by atoms with van der Waals surface area (Å²) in [5.74, 6) is -1.75. The molecular formula is C22H12Cl2FNO5S. The molecule has 2 aromatic carbocycles. The lowest BCUT2D eigenvalue weighted by Crippen LogP contribution is -2.28. The molecule has 162 valence electrons. The largest absolute Gasteiger partial charge is 0.478 e. The van der Waals surface area contributed by atoms with Gasteiger partial charge in [0.2, 0.25) is 0 Å². The molecule has 4 rings (SSSR count). The van der Waals surface area contributed by atoms with E-state index in [0.717, 1.165) is 4.90 Å². The van der Waals surface area contributed by atoms with Crippen LogP contribution in [0.3, 0.4) is 0 Å². The third-order valence-corrected chi connectivity index (χ3v) is 6.22. The first-order valence-corrected chi connectivity index (χ1v) is 10.6. The fraction of sp³-hybridized carbons (Fsp3) is 0.0455. The van der Waals surface area contributed by atoms with Crippen molar-refractivity contribution < 1.29 is 28.3 Å². The monoisotopic (exact) mass is 491 g/mol. The second kappa shape index (κ2) is 8.82. The minimum atomic E-state index is -1.17. The van der Waals surface area contributed by atoms with Crippen LogP contribution in [0.5, 0.6) is 0 Å². The Bertz CT molecular complexity index is 1280. The Morgan fingerprint density at radius 2 is 1.91 bits per heavy atom. The summed E-state index contributed by atoms with van der Waals surface area (Å²) in [7, 11) is 0. The van der Waals surface area contributed by atoms with Gasteiger partial charge in [-0.15, -0.1) is 0 Å².